The maximum Gasteiger partial charge on any atom is 0.331 e. The second kappa shape index (κ2) is 3.71. The van der Waals surface area contributed by atoms with Crippen LogP contribution < -0.4 is 11.2 Å². The fraction of sp³-hybridized carbons (Fsp3) is 0.167. The maximum atomic E-state index is 12.0. The number of H-pyrrole nitrogens is 1. The van der Waals surface area contributed by atoms with Crippen LogP contribution in [0.15, 0.2) is 32.5 Å². The average Bonchev–Trinajstić information content (AvgIpc) is 3.01. The lowest BCUT2D eigenvalue weighted by Gasteiger charge is -2.02. The minimum Gasteiger partial charge on any atom is -0.349 e. The topological polar surface area (TPSA) is 59.8 Å². The van der Waals surface area contributed by atoms with Crippen molar-refractivity contribution in [2.24, 2.45) is 14.1 Å². The molecule has 1 N–H and O–H groups in total. The highest BCUT2D eigenvalue weighted by Gasteiger charge is 2.12. The van der Waals surface area contributed by atoms with E-state index in [4.69, 9.17) is 0 Å². The summed E-state index contributed by atoms with van der Waals surface area (Å²) in [6.45, 7) is 0. The number of aromatic amines is 1. The third-order valence-electron chi connectivity index (χ3n) is 3.08. The van der Waals surface area contributed by atoms with E-state index in [1.54, 1.807) is 18.4 Å². The summed E-state index contributed by atoms with van der Waals surface area (Å²) in [5, 5.41) is 3.96. The number of hydrogen-bond donors (Lipinski definition) is 1. The minimum atomic E-state index is -0.316. The van der Waals surface area contributed by atoms with E-state index in [1.165, 1.54) is 11.6 Å². The Morgan fingerprint density at radius 3 is 2.67 bits per heavy atom. The first-order valence-corrected chi connectivity index (χ1v) is 6.35. The van der Waals surface area contributed by atoms with Crippen molar-refractivity contribution in [1.29, 1.82) is 0 Å². The van der Waals surface area contributed by atoms with Crippen molar-refractivity contribution in [1.82, 2.24) is 14.1 Å². The van der Waals surface area contributed by atoms with Gasteiger partial charge in [0.15, 0.2) is 0 Å². The smallest absolute Gasteiger partial charge is 0.331 e. The van der Waals surface area contributed by atoms with Crippen LogP contribution in [-0.4, -0.2) is 14.1 Å². The van der Waals surface area contributed by atoms with Crippen LogP contribution in [0.3, 0.4) is 0 Å². The molecule has 0 bridgehead atoms. The summed E-state index contributed by atoms with van der Waals surface area (Å²) in [6.07, 6.45) is 0. The Bertz CT molecular complexity index is 837. The molecule has 0 spiro atoms. The van der Waals surface area contributed by atoms with Gasteiger partial charge in [-0.2, -0.15) is 11.3 Å². The Morgan fingerprint density at radius 2 is 2.00 bits per heavy atom. The highest BCUT2D eigenvalue weighted by Crippen LogP contribution is 2.23. The molecule has 0 fully saturated rings. The van der Waals surface area contributed by atoms with Crippen LogP contribution in [0, 0.1) is 0 Å². The molecule has 92 valence electrons. The van der Waals surface area contributed by atoms with Crippen molar-refractivity contribution in [2.45, 2.75) is 0 Å². The normalized spacial score (nSPS) is 11.2. The van der Waals surface area contributed by atoms with E-state index in [-0.39, 0.29) is 11.2 Å². The second-order valence-electron chi connectivity index (χ2n) is 4.16. The largest absolute Gasteiger partial charge is 0.349 e. The maximum absolute atomic E-state index is 12.0. The highest BCUT2D eigenvalue weighted by molar-refractivity contribution is 7.08. The number of nitrogens with zero attached hydrogens (tertiary/aromatic N) is 2. The number of fused-ring (bicyclic) bond motifs is 1. The molecule has 0 aliphatic rings. The number of hydrogen-bond acceptors (Lipinski definition) is 3. The van der Waals surface area contributed by atoms with E-state index < -0.39 is 0 Å². The average molecular weight is 261 g/mol. The van der Waals surface area contributed by atoms with Gasteiger partial charge in [-0.25, -0.2) is 4.79 Å². The summed E-state index contributed by atoms with van der Waals surface area (Å²) in [5.41, 5.74) is 2.35. The van der Waals surface area contributed by atoms with Crippen LogP contribution in [0.1, 0.15) is 0 Å². The van der Waals surface area contributed by atoms with Crippen LogP contribution >= 0.6 is 11.3 Å². The number of aromatic nitrogens is 3. The number of aryl methyl sites for hydroxylation is 1. The lowest BCUT2D eigenvalue weighted by Crippen LogP contribution is -2.36. The van der Waals surface area contributed by atoms with Crippen molar-refractivity contribution in [3.63, 3.8) is 0 Å². The summed E-state index contributed by atoms with van der Waals surface area (Å²) in [5.74, 6) is 0. The molecule has 0 radical (unpaired) electrons. The van der Waals surface area contributed by atoms with Crippen LogP contribution in [0.4, 0.5) is 0 Å². The first kappa shape index (κ1) is 11.0. The molecule has 0 saturated heterocycles. The van der Waals surface area contributed by atoms with Crippen molar-refractivity contribution in [3.05, 3.63) is 43.7 Å². The first-order chi connectivity index (χ1) is 8.59. The van der Waals surface area contributed by atoms with E-state index in [0.29, 0.717) is 11.0 Å². The summed E-state index contributed by atoms with van der Waals surface area (Å²) >= 11 is 1.59. The molecule has 5 nitrogen and oxygen atoms in total. The van der Waals surface area contributed by atoms with Gasteiger partial charge in [-0.05, 0) is 17.5 Å². The monoisotopic (exact) mass is 261 g/mol. The lowest BCUT2D eigenvalue weighted by atomic mass is 10.2. The molecule has 18 heavy (non-hydrogen) atoms. The Hall–Kier alpha value is -2.08. The second-order valence-corrected chi connectivity index (χ2v) is 4.94. The Morgan fingerprint density at radius 1 is 1.22 bits per heavy atom. The van der Waals surface area contributed by atoms with E-state index >= 15 is 0 Å². The SMILES string of the molecule is Cn1c(=O)c2[nH]c(-c3ccsc3)cc2n(C)c1=O. The van der Waals surface area contributed by atoms with E-state index in [9.17, 15) is 9.59 Å². The minimum absolute atomic E-state index is 0.297. The fourth-order valence-corrected chi connectivity index (χ4v) is 2.68. The van der Waals surface area contributed by atoms with Crippen LogP contribution in [0.25, 0.3) is 22.3 Å². The summed E-state index contributed by atoms with van der Waals surface area (Å²) in [4.78, 5) is 26.9. The van der Waals surface area contributed by atoms with Crippen molar-refractivity contribution in [3.8, 4) is 11.3 Å². The zero-order valence-electron chi connectivity index (χ0n) is 9.93. The Balaban J connectivity index is 2.44. The molecule has 0 atom stereocenters. The molecule has 0 aliphatic carbocycles. The number of nitrogens with one attached hydrogen (secondary N) is 1. The Labute approximate surface area is 106 Å². The molecule has 0 amide bonds. The molecule has 0 aliphatic heterocycles. The van der Waals surface area contributed by atoms with Gasteiger partial charge in [-0.15, -0.1) is 0 Å². The molecule has 3 aromatic heterocycles. The van der Waals surface area contributed by atoms with Crippen molar-refractivity contribution in [2.75, 3.05) is 0 Å². The molecular weight excluding hydrogens is 250 g/mol. The van der Waals surface area contributed by atoms with Gasteiger partial charge >= 0.3 is 5.69 Å². The number of thiophene rings is 1. The van der Waals surface area contributed by atoms with Crippen molar-refractivity contribution < 1.29 is 0 Å². The van der Waals surface area contributed by atoms with Gasteiger partial charge in [0.25, 0.3) is 5.56 Å². The summed E-state index contributed by atoms with van der Waals surface area (Å²) in [6, 6.07) is 3.80. The molecule has 0 saturated carbocycles. The van der Waals surface area contributed by atoms with Crippen LogP contribution in [0.5, 0.6) is 0 Å². The summed E-state index contributed by atoms with van der Waals surface area (Å²) < 4.78 is 2.58. The molecule has 3 rings (SSSR count). The van der Waals surface area contributed by atoms with Gasteiger partial charge in [0.2, 0.25) is 0 Å². The first-order valence-electron chi connectivity index (χ1n) is 5.41. The molecule has 3 aromatic rings. The lowest BCUT2D eigenvalue weighted by molar-refractivity contribution is 0.713. The van der Waals surface area contributed by atoms with Gasteiger partial charge in [0.05, 0.1) is 5.52 Å². The van der Waals surface area contributed by atoms with E-state index in [1.807, 2.05) is 22.9 Å². The number of rotatable bonds is 1. The molecule has 0 aromatic carbocycles. The van der Waals surface area contributed by atoms with Gasteiger partial charge in [-0.1, -0.05) is 0 Å². The van der Waals surface area contributed by atoms with E-state index in [0.717, 1.165) is 15.8 Å². The standard InChI is InChI=1S/C12H11N3O2S/c1-14-9-5-8(7-3-4-18-6-7)13-10(9)11(16)15(2)12(14)17/h3-6,13H,1-2H3. The quantitative estimate of drug-likeness (QED) is 0.717. The van der Waals surface area contributed by atoms with Crippen LogP contribution in [0.2, 0.25) is 0 Å². The van der Waals surface area contributed by atoms with Gasteiger partial charge < -0.3 is 4.98 Å². The Kier molecular flexibility index (Phi) is 2.27. The predicted molar refractivity (Wildman–Crippen MR) is 72.1 cm³/mol. The fourth-order valence-electron chi connectivity index (χ4n) is 2.03. The molecule has 3 heterocycles. The molecule has 0 unspecified atom stereocenters. The summed E-state index contributed by atoms with van der Waals surface area (Å²) in [7, 11) is 3.14. The zero-order valence-corrected chi connectivity index (χ0v) is 10.7. The zero-order chi connectivity index (χ0) is 12.9. The third kappa shape index (κ3) is 1.39. The van der Waals surface area contributed by atoms with Gasteiger partial charge in [-0.3, -0.25) is 13.9 Å². The molecule has 6 heteroatoms. The predicted octanol–water partition coefficient (Wildman–Crippen LogP) is 1.29. The molecular formula is C12H11N3O2S. The third-order valence-corrected chi connectivity index (χ3v) is 3.77. The van der Waals surface area contributed by atoms with Gasteiger partial charge in [0, 0.05) is 30.7 Å². The van der Waals surface area contributed by atoms with Crippen molar-refractivity contribution >= 4 is 22.4 Å². The van der Waals surface area contributed by atoms with Gasteiger partial charge in [0.1, 0.15) is 5.52 Å². The highest BCUT2D eigenvalue weighted by atomic mass is 32.1. The van der Waals surface area contributed by atoms with E-state index in [2.05, 4.69) is 4.98 Å². The van der Waals surface area contributed by atoms with Crippen LogP contribution in [-0.2, 0) is 14.1 Å².